The van der Waals surface area contributed by atoms with Crippen LogP contribution in [0.4, 0.5) is 4.39 Å². The smallest absolute Gasteiger partial charge is 0.220 e. The van der Waals surface area contributed by atoms with E-state index in [2.05, 4.69) is 5.32 Å². The average molecular weight is 382 g/mol. The van der Waals surface area contributed by atoms with Crippen LogP contribution in [0.3, 0.4) is 0 Å². The number of carbonyl (C=O) groups excluding carboxylic acids is 1. The highest BCUT2D eigenvalue weighted by Gasteiger charge is 2.03. The second kappa shape index (κ2) is 11.0. The van der Waals surface area contributed by atoms with Gasteiger partial charge in [-0.1, -0.05) is 29.8 Å². The summed E-state index contributed by atoms with van der Waals surface area (Å²) >= 11 is 7.40. The molecule has 2 aromatic rings. The van der Waals surface area contributed by atoms with Crippen molar-refractivity contribution >= 4 is 29.3 Å². The molecule has 6 heteroatoms. The van der Waals surface area contributed by atoms with Crippen molar-refractivity contribution in [2.45, 2.75) is 18.6 Å². The van der Waals surface area contributed by atoms with Gasteiger partial charge in [0.05, 0.1) is 6.61 Å². The van der Waals surface area contributed by atoms with Crippen LogP contribution in [0, 0.1) is 5.82 Å². The molecule has 0 aliphatic heterocycles. The van der Waals surface area contributed by atoms with Crippen LogP contribution >= 0.6 is 23.4 Å². The lowest BCUT2D eigenvalue weighted by atomic mass is 10.2. The third-order valence-corrected chi connectivity index (χ3v) is 4.67. The molecule has 0 fully saturated rings. The highest BCUT2D eigenvalue weighted by Crippen LogP contribution is 2.16. The Bertz CT molecular complexity index is 667. The maximum Gasteiger partial charge on any atom is 0.220 e. The highest BCUT2D eigenvalue weighted by atomic mass is 35.5. The van der Waals surface area contributed by atoms with Gasteiger partial charge >= 0.3 is 0 Å². The van der Waals surface area contributed by atoms with Crippen molar-refractivity contribution in [2.24, 2.45) is 0 Å². The molecule has 0 unspecified atom stereocenters. The van der Waals surface area contributed by atoms with Gasteiger partial charge in [-0.3, -0.25) is 4.79 Å². The first-order valence-corrected chi connectivity index (χ1v) is 9.64. The molecular formula is C19H21ClFNO2S. The first kappa shape index (κ1) is 19.6. The molecule has 25 heavy (non-hydrogen) atoms. The van der Waals surface area contributed by atoms with Gasteiger partial charge in [0, 0.05) is 29.5 Å². The van der Waals surface area contributed by atoms with Crippen LogP contribution in [0.15, 0.2) is 48.5 Å². The maximum absolute atomic E-state index is 13.4. The van der Waals surface area contributed by atoms with Crippen LogP contribution < -0.4 is 10.1 Å². The Kier molecular flexibility index (Phi) is 8.63. The van der Waals surface area contributed by atoms with E-state index in [4.69, 9.17) is 16.3 Å². The van der Waals surface area contributed by atoms with Crippen molar-refractivity contribution in [3.8, 4) is 5.75 Å². The van der Waals surface area contributed by atoms with Crippen molar-refractivity contribution in [3.63, 3.8) is 0 Å². The molecule has 0 aliphatic carbocycles. The molecule has 0 bridgehead atoms. The predicted octanol–water partition coefficient (Wildman–Crippen LogP) is 4.69. The lowest BCUT2D eigenvalue weighted by molar-refractivity contribution is -0.121. The summed E-state index contributed by atoms with van der Waals surface area (Å²) in [7, 11) is 0. The number of halogens is 2. The summed E-state index contributed by atoms with van der Waals surface area (Å²) in [5.41, 5.74) is 0.693. The Hall–Kier alpha value is -1.72. The summed E-state index contributed by atoms with van der Waals surface area (Å²) in [5, 5.41) is 3.53. The van der Waals surface area contributed by atoms with Gasteiger partial charge in [0.15, 0.2) is 0 Å². The maximum atomic E-state index is 13.4. The normalized spacial score (nSPS) is 10.5. The number of hydrogen-bond acceptors (Lipinski definition) is 3. The summed E-state index contributed by atoms with van der Waals surface area (Å²) < 4.78 is 19.0. The Morgan fingerprint density at radius 2 is 1.92 bits per heavy atom. The number of benzene rings is 2. The zero-order valence-electron chi connectivity index (χ0n) is 13.8. The van der Waals surface area contributed by atoms with E-state index in [0.29, 0.717) is 42.3 Å². The fourth-order valence-electron chi connectivity index (χ4n) is 2.10. The Morgan fingerprint density at radius 1 is 1.16 bits per heavy atom. The summed E-state index contributed by atoms with van der Waals surface area (Å²) in [6, 6.07) is 13.9. The van der Waals surface area contributed by atoms with Crippen molar-refractivity contribution < 1.29 is 13.9 Å². The molecule has 0 atom stereocenters. The number of rotatable bonds is 10. The van der Waals surface area contributed by atoms with Gasteiger partial charge < -0.3 is 10.1 Å². The van der Waals surface area contributed by atoms with Crippen molar-refractivity contribution in [1.82, 2.24) is 5.32 Å². The number of thioether (sulfide) groups is 1. The van der Waals surface area contributed by atoms with Crippen LogP contribution in [-0.4, -0.2) is 24.8 Å². The number of carbonyl (C=O) groups is 1. The topological polar surface area (TPSA) is 38.3 Å². The summed E-state index contributed by atoms with van der Waals surface area (Å²) in [4.78, 5) is 11.7. The van der Waals surface area contributed by atoms with Gasteiger partial charge in [0.25, 0.3) is 0 Å². The number of ether oxygens (including phenoxy) is 1. The zero-order valence-corrected chi connectivity index (χ0v) is 15.4. The molecule has 0 heterocycles. The van der Waals surface area contributed by atoms with E-state index in [9.17, 15) is 9.18 Å². The monoisotopic (exact) mass is 381 g/mol. The van der Waals surface area contributed by atoms with Crippen molar-refractivity contribution in [3.05, 3.63) is 64.9 Å². The second-order valence-electron chi connectivity index (χ2n) is 5.40. The Labute approximate surface area is 156 Å². The van der Waals surface area contributed by atoms with Crippen molar-refractivity contribution in [2.75, 3.05) is 18.9 Å². The standard InChI is InChI=1S/C19H21ClFNO2S/c20-16-7-9-17(10-8-16)24-12-3-6-19(23)22-11-13-25-14-15-4-1-2-5-18(15)21/h1-2,4-5,7-10H,3,6,11-14H2,(H,22,23). The molecule has 0 saturated carbocycles. The third-order valence-electron chi connectivity index (χ3n) is 3.41. The molecule has 0 aliphatic rings. The minimum atomic E-state index is -0.181. The van der Waals surface area contributed by atoms with Crippen LogP contribution in [0.5, 0.6) is 5.75 Å². The number of hydrogen-bond donors (Lipinski definition) is 1. The van der Waals surface area contributed by atoms with Crippen LogP contribution in [0.2, 0.25) is 5.02 Å². The largest absolute Gasteiger partial charge is 0.494 e. The summed E-state index contributed by atoms with van der Waals surface area (Å²) in [6.07, 6.45) is 1.07. The van der Waals surface area contributed by atoms with Gasteiger partial charge in [-0.25, -0.2) is 4.39 Å². The van der Waals surface area contributed by atoms with Gasteiger partial charge in [0.1, 0.15) is 11.6 Å². The molecule has 3 nitrogen and oxygen atoms in total. The van der Waals surface area contributed by atoms with E-state index >= 15 is 0 Å². The number of amides is 1. The second-order valence-corrected chi connectivity index (χ2v) is 6.94. The summed E-state index contributed by atoms with van der Waals surface area (Å²) in [6.45, 7) is 1.06. The molecule has 134 valence electrons. The van der Waals surface area contributed by atoms with E-state index in [-0.39, 0.29) is 11.7 Å². The quantitative estimate of drug-likeness (QED) is 0.607. The van der Waals surface area contributed by atoms with Gasteiger partial charge in [-0.05, 0) is 42.3 Å². The SMILES string of the molecule is O=C(CCCOc1ccc(Cl)cc1)NCCSCc1ccccc1F. The molecule has 0 radical (unpaired) electrons. The van der Waals surface area contributed by atoms with Crippen LogP contribution in [0.1, 0.15) is 18.4 Å². The van der Waals surface area contributed by atoms with Gasteiger partial charge in [-0.2, -0.15) is 11.8 Å². The van der Waals surface area contributed by atoms with Gasteiger partial charge in [0.2, 0.25) is 5.91 Å². The first-order valence-electron chi connectivity index (χ1n) is 8.11. The van der Waals surface area contributed by atoms with Gasteiger partial charge in [-0.15, -0.1) is 0 Å². The van der Waals surface area contributed by atoms with Crippen LogP contribution in [-0.2, 0) is 10.5 Å². The average Bonchev–Trinajstić information content (AvgIpc) is 2.61. The van der Waals surface area contributed by atoms with E-state index in [1.165, 1.54) is 6.07 Å². The fourth-order valence-corrected chi connectivity index (χ4v) is 3.07. The Balaban J connectivity index is 1.49. The zero-order chi connectivity index (χ0) is 17.9. The molecule has 0 aromatic heterocycles. The van der Waals surface area contributed by atoms with Crippen LogP contribution in [0.25, 0.3) is 0 Å². The lowest BCUT2D eigenvalue weighted by Gasteiger charge is -2.07. The van der Waals surface area contributed by atoms with Crippen molar-refractivity contribution in [1.29, 1.82) is 0 Å². The third kappa shape index (κ3) is 7.80. The molecule has 0 spiro atoms. The molecule has 2 aromatic carbocycles. The van der Waals surface area contributed by atoms with E-state index < -0.39 is 0 Å². The molecule has 1 amide bonds. The minimum Gasteiger partial charge on any atom is -0.494 e. The lowest BCUT2D eigenvalue weighted by Crippen LogP contribution is -2.25. The molecule has 2 rings (SSSR count). The highest BCUT2D eigenvalue weighted by molar-refractivity contribution is 7.98. The molecule has 0 saturated heterocycles. The fraction of sp³-hybridized carbons (Fsp3) is 0.316. The molecular weight excluding hydrogens is 361 g/mol. The van der Waals surface area contributed by atoms with E-state index in [1.807, 2.05) is 6.07 Å². The first-order chi connectivity index (χ1) is 12.1. The Morgan fingerprint density at radius 3 is 2.68 bits per heavy atom. The minimum absolute atomic E-state index is 0.00574. The molecule has 1 N–H and O–H groups in total. The predicted molar refractivity (Wildman–Crippen MR) is 102 cm³/mol. The summed E-state index contributed by atoms with van der Waals surface area (Å²) in [5.74, 6) is 1.93. The van der Waals surface area contributed by atoms with E-state index in [0.717, 1.165) is 11.5 Å². The number of nitrogens with one attached hydrogen (secondary N) is 1. The van der Waals surface area contributed by atoms with E-state index in [1.54, 1.807) is 48.2 Å².